The maximum atomic E-state index is 13.3. The van der Waals surface area contributed by atoms with Crippen LogP contribution >= 0.6 is 0 Å². The fraction of sp³-hybridized carbons (Fsp3) is 0.263. The standard InChI is InChI=1S/C19H20F2N2O3/c1-4-13-11(2)17(26-3)8-6-14(13)19(25)23(22)18(24)10-12-5-7-15(20)16(21)9-12/h5-9H,4,10,22H2,1-3H3. The van der Waals surface area contributed by atoms with Gasteiger partial charge in [0, 0.05) is 5.56 Å². The van der Waals surface area contributed by atoms with Crippen LogP contribution in [-0.4, -0.2) is 23.9 Å². The van der Waals surface area contributed by atoms with E-state index < -0.39 is 23.4 Å². The fourth-order valence-electron chi connectivity index (χ4n) is 2.76. The third-order valence-electron chi connectivity index (χ3n) is 4.18. The number of benzene rings is 2. The maximum Gasteiger partial charge on any atom is 0.275 e. The second kappa shape index (κ2) is 8.05. The Morgan fingerprint density at radius 2 is 1.85 bits per heavy atom. The van der Waals surface area contributed by atoms with E-state index in [1.165, 1.54) is 13.2 Å². The monoisotopic (exact) mass is 362 g/mol. The molecule has 0 unspecified atom stereocenters. The second-order valence-corrected chi connectivity index (χ2v) is 5.77. The number of hydrogen-bond acceptors (Lipinski definition) is 4. The number of hydrogen-bond donors (Lipinski definition) is 1. The predicted molar refractivity (Wildman–Crippen MR) is 92.5 cm³/mol. The van der Waals surface area contributed by atoms with Gasteiger partial charge in [-0.3, -0.25) is 9.59 Å². The Morgan fingerprint density at radius 1 is 1.15 bits per heavy atom. The predicted octanol–water partition coefficient (Wildman–Crippen LogP) is 2.93. The lowest BCUT2D eigenvalue weighted by molar-refractivity contribution is -0.128. The number of nitrogens with two attached hydrogens (primary N) is 1. The van der Waals surface area contributed by atoms with Crippen molar-refractivity contribution in [3.63, 3.8) is 0 Å². The molecule has 0 saturated carbocycles. The van der Waals surface area contributed by atoms with Crippen LogP contribution < -0.4 is 10.6 Å². The van der Waals surface area contributed by atoms with Gasteiger partial charge in [0.15, 0.2) is 11.6 Å². The molecule has 2 N–H and O–H groups in total. The van der Waals surface area contributed by atoms with Crippen LogP contribution in [-0.2, 0) is 17.6 Å². The van der Waals surface area contributed by atoms with Gasteiger partial charge in [-0.25, -0.2) is 19.6 Å². The van der Waals surface area contributed by atoms with Gasteiger partial charge in [0.05, 0.1) is 13.5 Å². The van der Waals surface area contributed by atoms with Crippen molar-refractivity contribution in [2.45, 2.75) is 26.7 Å². The molecule has 0 radical (unpaired) electrons. The van der Waals surface area contributed by atoms with Crippen LogP contribution in [0.15, 0.2) is 30.3 Å². The van der Waals surface area contributed by atoms with Gasteiger partial charge < -0.3 is 4.74 Å². The molecule has 26 heavy (non-hydrogen) atoms. The molecule has 2 amide bonds. The van der Waals surface area contributed by atoms with Crippen LogP contribution in [0.5, 0.6) is 5.75 Å². The molecule has 0 heterocycles. The topological polar surface area (TPSA) is 72.6 Å². The molecular weight excluding hydrogens is 342 g/mol. The minimum atomic E-state index is -1.07. The Bertz CT molecular complexity index is 853. The molecule has 2 aromatic carbocycles. The minimum Gasteiger partial charge on any atom is -0.496 e. The van der Waals surface area contributed by atoms with E-state index in [4.69, 9.17) is 10.6 Å². The first-order valence-electron chi connectivity index (χ1n) is 8.02. The van der Waals surface area contributed by atoms with E-state index >= 15 is 0 Å². The molecule has 2 rings (SSSR count). The van der Waals surface area contributed by atoms with E-state index in [1.807, 2.05) is 13.8 Å². The van der Waals surface area contributed by atoms with E-state index in [1.54, 1.807) is 12.1 Å². The summed E-state index contributed by atoms with van der Waals surface area (Å²) in [6.45, 7) is 3.70. The van der Waals surface area contributed by atoms with E-state index in [2.05, 4.69) is 0 Å². The Hall–Kier alpha value is -2.80. The van der Waals surface area contributed by atoms with Crippen molar-refractivity contribution in [1.29, 1.82) is 0 Å². The molecule has 7 heteroatoms. The first kappa shape index (κ1) is 19.5. The summed E-state index contributed by atoms with van der Waals surface area (Å²) in [5.74, 6) is 2.85. The first-order chi connectivity index (χ1) is 12.3. The summed E-state index contributed by atoms with van der Waals surface area (Å²) in [4.78, 5) is 24.9. The van der Waals surface area contributed by atoms with Gasteiger partial charge in [0.1, 0.15) is 5.75 Å². The van der Waals surface area contributed by atoms with E-state index in [0.29, 0.717) is 22.7 Å². The Kier molecular flexibility index (Phi) is 6.05. The van der Waals surface area contributed by atoms with Crippen molar-refractivity contribution in [3.8, 4) is 5.75 Å². The number of methoxy groups -OCH3 is 1. The Balaban J connectivity index is 2.24. The third kappa shape index (κ3) is 3.88. The maximum absolute atomic E-state index is 13.3. The highest BCUT2D eigenvalue weighted by atomic mass is 19.2. The quantitative estimate of drug-likeness (QED) is 0.504. The molecule has 0 atom stereocenters. The van der Waals surface area contributed by atoms with Gasteiger partial charge in [-0.1, -0.05) is 13.0 Å². The lowest BCUT2D eigenvalue weighted by Gasteiger charge is -2.19. The number of carbonyl (C=O) groups excluding carboxylic acids is 2. The number of amides is 2. The molecule has 0 aliphatic carbocycles. The average molecular weight is 362 g/mol. The van der Waals surface area contributed by atoms with Crippen LogP contribution in [0.2, 0.25) is 0 Å². The van der Waals surface area contributed by atoms with Crippen molar-refractivity contribution in [1.82, 2.24) is 5.01 Å². The summed E-state index contributed by atoms with van der Waals surface area (Å²) in [5.41, 5.74) is 2.04. The van der Waals surface area contributed by atoms with Crippen LogP contribution in [0.1, 0.15) is 34.0 Å². The molecule has 0 saturated heterocycles. The van der Waals surface area contributed by atoms with Crippen LogP contribution in [0.4, 0.5) is 8.78 Å². The molecule has 0 fully saturated rings. The third-order valence-corrected chi connectivity index (χ3v) is 4.18. The number of carbonyl (C=O) groups is 2. The zero-order valence-electron chi connectivity index (χ0n) is 14.8. The number of imide groups is 1. The number of halogens is 2. The summed E-state index contributed by atoms with van der Waals surface area (Å²) in [5, 5.41) is 0.502. The molecule has 0 aliphatic heterocycles. The zero-order chi connectivity index (χ0) is 19.4. The van der Waals surface area contributed by atoms with Gasteiger partial charge in [-0.2, -0.15) is 0 Å². The highest BCUT2D eigenvalue weighted by molar-refractivity contribution is 6.05. The number of ether oxygens (including phenoxy) is 1. The number of rotatable bonds is 5. The summed E-state index contributed by atoms with van der Waals surface area (Å²) >= 11 is 0. The van der Waals surface area contributed by atoms with Gasteiger partial charge in [0.25, 0.3) is 5.91 Å². The highest BCUT2D eigenvalue weighted by Crippen LogP contribution is 2.26. The number of hydrazine groups is 1. The largest absolute Gasteiger partial charge is 0.496 e. The summed E-state index contributed by atoms with van der Waals surface area (Å²) in [6.07, 6.45) is 0.228. The van der Waals surface area contributed by atoms with Gasteiger partial charge in [-0.05, 0) is 54.3 Å². The zero-order valence-corrected chi connectivity index (χ0v) is 14.8. The summed E-state index contributed by atoms with van der Waals surface area (Å²) < 4.78 is 31.5. The number of nitrogens with zero attached hydrogens (tertiary/aromatic N) is 1. The summed E-state index contributed by atoms with van der Waals surface area (Å²) in [7, 11) is 1.53. The minimum absolute atomic E-state index is 0.221. The van der Waals surface area contributed by atoms with Crippen LogP contribution in [0.25, 0.3) is 0 Å². The van der Waals surface area contributed by atoms with E-state index in [0.717, 1.165) is 23.3 Å². The van der Waals surface area contributed by atoms with Crippen LogP contribution in [0, 0.1) is 18.6 Å². The Morgan fingerprint density at radius 3 is 2.42 bits per heavy atom. The molecule has 0 aromatic heterocycles. The van der Waals surface area contributed by atoms with Crippen molar-refractivity contribution in [2.75, 3.05) is 7.11 Å². The van der Waals surface area contributed by atoms with Gasteiger partial charge in [-0.15, -0.1) is 0 Å². The average Bonchev–Trinajstić information content (AvgIpc) is 2.63. The van der Waals surface area contributed by atoms with Crippen molar-refractivity contribution in [3.05, 3.63) is 64.2 Å². The van der Waals surface area contributed by atoms with Gasteiger partial charge in [0.2, 0.25) is 5.91 Å². The van der Waals surface area contributed by atoms with E-state index in [-0.39, 0.29) is 12.0 Å². The molecule has 0 bridgehead atoms. The molecule has 0 aliphatic rings. The molecule has 2 aromatic rings. The molecular formula is C19H20F2N2O3. The SMILES string of the molecule is CCc1c(C(=O)N(N)C(=O)Cc2ccc(F)c(F)c2)ccc(OC)c1C. The van der Waals surface area contributed by atoms with Crippen molar-refractivity contribution < 1.29 is 23.1 Å². The lowest BCUT2D eigenvalue weighted by atomic mass is 9.98. The lowest BCUT2D eigenvalue weighted by Crippen LogP contribution is -2.43. The first-order valence-corrected chi connectivity index (χ1v) is 8.02. The van der Waals surface area contributed by atoms with Crippen LogP contribution in [0.3, 0.4) is 0 Å². The normalized spacial score (nSPS) is 10.5. The molecule has 0 spiro atoms. The second-order valence-electron chi connectivity index (χ2n) is 5.77. The van der Waals surface area contributed by atoms with E-state index in [9.17, 15) is 18.4 Å². The highest BCUT2D eigenvalue weighted by Gasteiger charge is 2.23. The molecule has 138 valence electrons. The summed E-state index contributed by atoms with van der Waals surface area (Å²) in [6, 6.07) is 6.28. The molecule has 5 nitrogen and oxygen atoms in total. The smallest absolute Gasteiger partial charge is 0.275 e. The van der Waals surface area contributed by atoms with Crippen molar-refractivity contribution in [2.24, 2.45) is 5.84 Å². The fourth-order valence-corrected chi connectivity index (χ4v) is 2.76. The van der Waals surface area contributed by atoms with Gasteiger partial charge >= 0.3 is 0 Å². The Labute approximate surface area is 150 Å². The van der Waals surface area contributed by atoms with Crippen molar-refractivity contribution >= 4 is 11.8 Å².